The summed E-state index contributed by atoms with van der Waals surface area (Å²) in [6.07, 6.45) is 6.68. The molecule has 0 aromatic heterocycles. The van der Waals surface area contributed by atoms with Crippen molar-refractivity contribution >= 4 is 0 Å². The number of fused-ring (bicyclic) bond motifs is 1. The van der Waals surface area contributed by atoms with E-state index < -0.39 is 42.0 Å². The van der Waals surface area contributed by atoms with Crippen LogP contribution in [0.4, 0.5) is 0 Å². The number of ether oxygens (including phenoxy) is 5. The van der Waals surface area contributed by atoms with Crippen molar-refractivity contribution in [2.45, 2.75) is 106 Å². The molecule has 5 fully saturated rings. The van der Waals surface area contributed by atoms with Crippen molar-refractivity contribution in [2.75, 3.05) is 6.61 Å². The van der Waals surface area contributed by atoms with E-state index in [1.165, 1.54) is 6.42 Å². The van der Waals surface area contributed by atoms with Gasteiger partial charge in [-0.15, -0.1) is 0 Å². The normalized spacial score (nSPS) is 44.4. The van der Waals surface area contributed by atoms with Crippen molar-refractivity contribution < 1.29 is 33.9 Å². The van der Waals surface area contributed by atoms with Crippen LogP contribution in [-0.2, 0) is 23.7 Å². The third-order valence-corrected chi connectivity index (χ3v) is 6.48. The molecule has 3 heterocycles. The third kappa shape index (κ3) is 2.67. The highest BCUT2D eigenvalue weighted by atomic mass is 16.9. The van der Waals surface area contributed by atoms with Crippen LogP contribution in [0.1, 0.15) is 64.2 Å². The zero-order valence-corrected chi connectivity index (χ0v) is 14.5. The third-order valence-electron chi connectivity index (χ3n) is 6.48. The van der Waals surface area contributed by atoms with Gasteiger partial charge in [-0.2, -0.15) is 0 Å². The predicted octanol–water partition coefficient (Wildman–Crippen LogP) is 1.54. The van der Waals surface area contributed by atoms with Crippen LogP contribution in [0.5, 0.6) is 0 Å². The maximum absolute atomic E-state index is 10.8. The molecule has 0 radical (unpaired) electrons. The molecular weight excluding hydrogens is 328 g/mol. The Labute approximate surface area is 147 Å². The highest BCUT2D eigenvalue weighted by Crippen LogP contribution is 2.50. The smallest absolute Gasteiger partial charge is 0.225 e. The summed E-state index contributed by atoms with van der Waals surface area (Å²) in [5, 5.41) is 21.6. The number of hydrogen-bond donors (Lipinski definition) is 2. The Morgan fingerprint density at radius 1 is 0.680 bits per heavy atom. The van der Waals surface area contributed by atoms with E-state index in [4.69, 9.17) is 23.7 Å². The van der Waals surface area contributed by atoms with Crippen LogP contribution in [0.15, 0.2) is 0 Å². The van der Waals surface area contributed by atoms with Crippen LogP contribution < -0.4 is 0 Å². The molecular formula is C18H28O7. The maximum Gasteiger partial charge on any atom is 0.225 e. The minimum atomic E-state index is -2.14. The zero-order chi connectivity index (χ0) is 17.1. The topological polar surface area (TPSA) is 86.6 Å². The Morgan fingerprint density at radius 2 is 1.32 bits per heavy atom. The van der Waals surface area contributed by atoms with Gasteiger partial charge in [-0.1, -0.05) is 12.8 Å². The molecule has 0 aromatic carbocycles. The van der Waals surface area contributed by atoms with Crippen LogP contribution in [0, 0.1) is 0 Å². The molecule has 3 aliphatic heterocycles. The second-order valence-electron chi connectivity index (χ2n) is 8.27. The minimum absolute atomic E-state index is 0.304. The average molecular weight is 356 g/mol. The van der Waals surface area contributed by atoms with E-state index in [1.807, 2.05) is 0 Å². The largest absolute Gasteiger partial charge is 0.361 e. The standard InChI is InChI=1S/C18H28O7/c19-18(20)13(12-11-21-16(23-12)7-3-1-4-8-16)22-15-14(18)24-17(25-15)9-5-2-6-10-17/h12-15,19-20H,1-11H2/t12-,13-,14+,15?/m1/s1. The number of aliphatic hydroxyl groups is 2. The first-order valence-electron chi connectivity index (χ1n) is 9.80. The van der Waals surface area contributed by atoms with Gasteiger partial charge in [0.25, 0.3) is 0 Å². The predicted molar refractivity (Wildman–Crippen MR) is 84.2 cm³/mol. The van der Waals surface area contributed by atoms with Crippen molar-refractivity contribution in [1.82, 2.24) is 0 Å². The molecule has 2 aliphatic carbocycles. The van der Waals surface area contributed by atoms with Gasteiger partial charge < -0.3 is 33.9 Å². The van der Waals surface area contributed by atoms with Crippen LogP contribution >= 0.6 is 0 Å². The van der Waals surface area contributed by atoms with Crippen LogP contribution in [0.3, 0.4) is 0 Å². The molecule has 5 aliphatic rings. The van der Waals surface area contributed by atoms with Gasteiger partial charge >= 0.3 is 0 Å². The molecule has 0 amide bonds. The van der Waals surface area contributed by atoms with Gasteiger partial charge in [-0.3, -0.25) is 0 Å². The second-order valence-corrected chi connectivity index (χ2v) is 8.27. The minimum Gasteiger partial charge on any atom is -0.361 e. The fourth-order valence-electron chi connectivity index (χ4n) is 5.15. The SMILES string of the molecule is OC1(O)[C@@H]([C@H]2COC3(CCCCC3)O2)OC2OC3(CCCCC3)O[C@@H]21. The first-order valence-corrected chi connectivity index (χ1v) is 9.80. The van der Waals surface area contributed by atoms with Crippen molar-refractivity contribution in [3.05, 3.63) is 0 Å². The first kappa shape index (κ1) is 16.9. The van der Waals surface area contributed by atoms with E-state index in [2.05, 4.69) is 0 Å². The molecule has 3 saturated heterocycles. The molecule has 7 nitrogen and oxygen atoms in total. The van der Waals surface area contributed by atoms with E-state index in [-0.39, 0.29) is 0 Å². The number of hydrogen-bond acceptors (Lipinski definition) is 7. The summed E-state index contributed by atoms with van der Waals surface area (Å²) in [5.41, 5.74) is 0. The number of rotatable bonds is 1. The van der Waals surface area contributed by atoms with Crippen LogP contribution in [-0.4, -0.2) is 58.8 Å². The average Bonchev–Trinajstić information content (AvgIpc) is 3.22. The van der Waals surface area contributed by atoms with Gasteiger partial charge in [-0.25, -0.2) is 0 Å². The Hall–Kier alpha value is -0.280. The van der Waals surface area contributed by atoms with Crippen molar-refractivity contribution in [1.29, 1.82) is 0 Å². The molecule has 2 spiro atoms. The monoisotopic (exact) mass is 356 g/mol. The van der Waals surface area contributed by atoms with E-state index >= 15 is 0 Å². The van der Waals surface area contributed by atoms with Crippen LogP contribution in [0.2, 0.25) is 0 Å². The lowest BCUT2D eigenvalue weighted by Gasteiger charge is -2.37. The summed E-state index contributed by atoms with van der Waals surface area (Å²) in [6.45, 7) is 0.304. The van der Waals surface area contributed by atoms with Gasteiger partial charge in [0.1, 0.15) is 12.2 Å². The highest BCUT2D eigenvalue weighted by molar-refractivity contribution is 5.04. The van der Waals surface area contributed by atoms with E-state index in [1.54, 1.807) is 0 Å². The first-order chi connectivity index (χ1) is 12.0. The van der Waals surface area contributed by atoms with Gasteiger partial charge in [0.2, 0.25) is 5.79 Å². The molecule has 1 unspecified atom stereocenters. The summed E-state index contributed by atoms with van der Waals surface area (Å²) in [7, 11) is 0. The lowest BCUT2D eigenvalue weighted by Crippen LogP contribution is -2.54. The van der Waals surface area contributed by atoms with E-state index in [0.29, 0.717) is 6.61 Å². The van der Waals surface area contributed by atoms with Gasteiger partial charge in [0.15, 0.2) is 24.0 Å². The molecule has 25 heavy (non-hydrogen) atoms. The van der Waals surface area contributed by atoms with Gasteiger partial charge in [-0.05, 0) is 25.7 Å². The summed E-state index contributed by atoms with van der Waals surface area (Å²) in [6, 6.07) is 0. The lowest BCUT2D eigenvalue weighted by molar-refractivity contribution is -0.311. The lowest BCUT2D eigenvalue weighted by atomic mass is 9.94. The van der Waals surface area contributed by atoms with Gasteiger partial charge in [0, 0.05) is 25.7 Å². The van der Waals surface area contributed by atoms with Crippen LogP contribution in [0.25, 0.3) is 0 Å². The molecule has 4 atom stereocenters. The molecule has 7 heteroatoms. The molecule has 5 rings (SSSR count). The second kappa shape index (κ2) is 5.86. The summed E-state index contributed by atoms with van der Waals surface area (Å²) in [5.74, 6) is -3.43. The summed E-state index contributed by atoms with van der Waals surface area (Å²) < 4.78 is 30.0. The quantitative estimate of drug-likeness (QED) is 0.689. The Balaban J connectivity index is 1.29. The maximum atomic E-state index is 10.8. The van der Waals surface area contributed by atoms with Crippen molar-refractivity contribution in [2.24, 2.45) is 0 Å². The highest BCUT2D eigenvalue weighted by Gasteiger charge is 2.67. The molecule has 142 valence electrons. The van der Waals surface area contributed by atoms with Gasteiger partial charge in [0.05, 0.1) is 6.61 Å². The summed E-state index contributed by atoms with van der Waals surface area (Å²) in [4.78, 5) is 0. The molecule has 2 saturated carbocycles. The Kier molecular flexibility index (Phi) is 3.95. The van der Waals surface area contributed by atoms with E-state index in [9.17, 15) is 10.2 Å². The molecule has 2 N–H and O–H groups in total. The molecule has 0 bridgehead atoms. The zero-order valence-electron chi connectivity index (χ0n) is 14.5. The van der Waals surface area contributed by atoms with E-state index in [0.717, 1.165) is 57.8 Å². The fraction of sp³-hybridized carbons (Fsp3) is 1.00. The van der Waals surface area contributed by atoms with Crippen molar-refractivity contribution in [3.63, 3.8) is 0 Å². The Bertz CT molecular complexity index is 510. The summed E-state index contributed by atoms with van der Waals surface area (Å²) >= 11 is 0. The Morgan fingerprint density at radius 3 is 1.96 bits per heavy atom. The fourth-order valence-corrected chi connectivity index (χ4v) is 5.15. The molecule has 0 aromatic rings. The van der Waals surface area contributed by atoms with Crippen molar-refractivity contribution in [3.8, 4) is 0 Å².